The van der Waals surface area contributed by atoms with Crippen LogP contribution in [0.5, 0.6) is 0 Å². The molecule has 0 spiro atoms. The van der Waals surface area contributed by atoms with Crippen molar-refractivity contribution in [3.8, 4) is 0 Å². The van der Waals surface area contributed by atoms with Crippen molar-refractivity contribution in [2.75, 3.05) is 0 Å². The molecule has 12 heavy (non-hydrogen) atoms. The summed E-state index contributed by atoms with van der Waals surface area (Å²) >= 11 is 0. The molecule has 0 saturated heterocycles. The van der Waals surface area contributed by atoms with Gasteiger partial charge >= 0.3 is 0 Å². The third-order valence-electron chi connectivity index (χ3n) is 1.99. The van der Waals surface area contributed by atoms with Crippen LogP contribution in [0.1, 0.15) is 34.1 Å². The average molecular weight is 166 g/mol. The van der Waals surface area contributed by atoms with E-state index in [2.05, 4.69) is 26.8 Å². The zero-order valence-electron chi connectivity index (χ0n) is 8.42. The van der Waals surface area contributed by atoms with Crippen LogP contribution in [0, 0.1) is 5.92 Å². The van der Waals surface area contributed by atoms with Gasteiger partial charge in [-0.25, -0.2) is 0 Å². The Hall–Kier alpha value is -0.850. The largest absolute Gasteiger partial charge is 0.299 e. The second-order valence-electron chi connectivity index (χ2n) is 3.46. The van der Waals surface area contributed by atoms with Crippen molar-refractivity contribution in [1.29, 1.82) is 0 Å². The van der Waals surface area contributed by atoms with Crippen LogP contribution in [-0.2, 0) is 4.79 Å². The average Bonchev–Trinajstić information content (AvgIpc) is 2.00. The number of hydrogen-bond acceptors (Lipinski definition) is 1. The Balaban J connectivity index is 4.04. The van der Waals surface area contributed by atoms with Gasteiger partial charge in [0.05, 0.1) is 0 Å². The molecule has 0 aliphatic rings. The van der Waals surface area contributed by atoms with Crippen LogP contribution in [0.25, 0.3) is 0 Å². The predicted octanol–water partition coefficient (Wildman–Crippen LogP) is 3.12. The Morgan fingerprint density at radius 2 is 1.92 bits per heavy atom. The Morgan fingerprint density at radius 3 is 2.33 bits per heavy atom. The van der Waals surface area contributed by atoms with E-state index in [4.69, 9.17) is 0 Å². The summed E-state index contributed by atoms with van der Waals surface area (Å²) in [7, 11) is 0. The van der Waals surface area contributed by atoms with Crippen molar-refractivity contribution in [3.05, 3.63) is 23.3 Å². The maximum atomic E-state index is 10.2. The molecule has 0 amide bonds. The first-order valence-electron chi connectivity index (χ1n) is 4.33. The van der Waals surface area contributed by atoms with Crippen LogP contribution in [0.15, 0.2) is 23.3 Å². The lowest BCUT2D eigenvalue weighted by molar-refractivity contribution is -0.104. The van der Waals surface area contributed by atoms with Gasteiger partial charge in [0, 0.05) is 0 Å². The molecule has 1 nitrogen and oxygen atoms in total. The third kappa shape index (κ3) is 4.89. The van der Waals surface area contributed by atoms with Crippen molar-refractivity contribution in [3.63, 3.8) is 0 Å². The number of carbonyl (C=O) groups excluding carboxylic acids is 1. The maximum Gasteiger partial charge on any atom is 0.142 e. The Labute approximate surface area is 75.2 Å². The molecule has 0 fully saturated rings. The number of carbonyl (C=O) groups is 1. The highest BCUT2D eigenvalue weighted by Crippen LogP contribution is 2.14. The molecule has 0 aliphatic carbocycles. The maximum absolute atomic E-state index is 10.2. The quantitative estimate of drug-likeness (QED) is 0.356. The Bertz CT molecular complexity index is 195. The summed E-state index contributed by atoms with van der Waals surface area (Å²) in [5, 5.41) is 0. The third-order valence-corrected chi connectivity index (χ3v) is 1.99. The first-order chi connectivity index (χ1) is 5.57. The summed E-state index contributed by atoms with van der Waals surface area (Å²) in [5.74, 6) is 0.477. The summed E-state index contributed by atoms with van der Waals surface area (Å²) in [5.41, 5.74) is 2.49. The topological polar surface area (TPSA) is 17.1 Å². The summed E-state index contributed by atoms with van der Waals surface area (Å²) in [6, 6.07) is 0. The van der Waals surface area contributed by atoms with E-state index in [1.165, 1.54) is 5.57 Å². The summed E-state index contributed by atoms with van der Waals surface area (Å²) in [6.07, 6.45) is 5.73. The fourth-order valence-corrected chi connectivity index (χ4v) is 0.870. The van der Waals surface area contributed by atoms with Gasteiger partial charge in [-0.15, -0.1) is 0 Å². The molecular formula is C11H18O. The van der Waals surface area contributed by atoms with Crippen LogP contribution < -0.4 is 0 Å². The monoisotopic (exact) mass is 166 g/mol. The molecular weight excluding hydrogens is 148 g/mol. The van der Waals surface area contributed by atoms with Crippen LogP contribution in [0.3, 0.4) is 0 Å². The van der Waals surface area contributed by atoms with Gasteiger partial charge in [-0.3, -0.25) is 4.79 Å². The first-order valence-corrected chi connectivity index (χ1v) is 4.33. The molecule has 0 rings (SSSR count). The highest BCUT2D eigenvalue weighted by molar-refractivity contribution is 5.66. The molecule has 0 bridgehead atoms. The smallest absolute Gasteiger partial charge is 0.142 e. The Kier molecular flexibility index (Phi) is 5.35. The predicted molar refractivity (Wildman–Crippen MR) is 53.0 cm³/mol. The van der Waals surface area contributed by atoms with Crippen LogP contribution in [0.4, 0.5) is 0 Å². The van der Waals surface area contributed by atoms with Gasteiger partial charge in [0.15, 0.2) is 0 Å². The number of allylic oxidation sites excluding steroid dienone is 4. The molecule has 0 aromatic carbocycles. The lowest BCUT2D eigenvalue weighted by Crippen LogP contribution is -1.94. The molecule has 0 N–H and O–H groups in total. The number of aldehydes is 1. The molecule has 0 radical (unpaired) electrons. The summed E-state index contributed by atoms with van der Waals surface area (Å²) in [4.78, 5) is 10.2. The fourth-order valence-electron chi connectivity index (χ4n) is 0.870. The summed E-state index contributed by atoms with van der Waals surface area (Å²) in [6.45, 7) is 8.31. The molecule has 0 aliphatic heterocycles. The molecule has 1 atom stereocenters. The van der Waals surface area contributed by atoms with Gasteiger partial charge < -0.3 is 0 Å². The van der Waals surface area contributed by atoms with Crippen molar-refractivity contribution in [2.45, 2.75) is 34.1 Å². The fraction of sp³-hybridized carbons (Fsp3) is 0.545. The zero-order valence-corrected chi connectivity index (χ0v) is 8.42. The summed E-state index contributed by atoms with van der Waals surface area (Å²) < 4.78 is 0. The van der Waals surface area contributed by atoms with Crippen LogP contribution >= 0.6 is 0 Å². The zero-order chi connectivity index (χ0) is 9.56. The van der Waals surface area contributed by atoms with Gasteiger partial charge in [-0.05, 0) is 39.2 Å². The van der Waals surface area contributed by atoms with E-state index in [1.54, 1.807) is 6.08 Å². The van der Waals surface area contributed by atoms with E-state index in [0.717, 1.165) is 18.3 Å². The number of hydrogen-bond donors (Lipinski definition) is 0. The van der Waals surface area contributed by atoms with E-state index in [9.17, 15) is 4.79 Å². The van der Waals surface area contributed by atoms with Gasteiger partial charge in [-0.1, -0.05) is 24.1 Å². The van der Waals surface area contributed by atoms with E-state index < -0.39 is 0 Å². The van der Waals surface area contributed by atoms with Crippen molar-refractivity contribution in [2.24, 2.45) is 5.92 Å². The molecule has 68 valence electrons. The SMILES string of the molecule is CC(C)=CCC(C)/C(C)=C/C=O. The minimum Gasteiger partial charge on any atom is -0.299 e. The van der Waals surface area contributed by atoms with Gasteiger partial charge in [0.1, 0.15) is 6.29 Å². The highest BCUT2D eigenvalue weighted by Gasteiger charge is 2.00. The van der Waals surface area contributed by atoms with E-state index in [1.807, 2.05) is 6.92 Å². The van der Waals surface area contributed by atoms with E-state index >= 15 is 0 Å². The minimum atomic E-state index is 0.477. The van der Waals surface area contributed by atoms with Crippen molar-refractivity contribution in [1.82, 2.24) is 0 Å². The van der Waals surface area contributed by atoms with Crippen molar-refractivity contribution < 1.29 is 4.79 Å². The van der Waals surface area contributed by atoms with Crippen LogP contribution in [-0.4, -0.2) is 6.29 Å². The molecule has 1 unspecified atom stereocenters. The van der Waals surface area contributed by atoms with Crippen LogP contribution in [0.2, 0.25) is 0 Å². The van der Waals surface area contributed by atoms with Gasteiger partial charge in [0.25, 0.3) is 0 Å². The second-order valence-corrected chi connectivity index (χ2v) is 3.46. The highest BCUT2D eigenvalue weighted by atomic mass is 16.1. The second kappa shape index (κ2) is 5.76. The number of rotatable bonds is 4. The molecule has 0 heterocycles. The lowest BCUT2D eigenvalue weighted by atomic mass is 9.98. The van der Waals surface area contributed by atoms with Gasteiger partial charge in [0.2, 0.25) is 0 Å². The molecule has 0 saturated carbocycles. The standard InChI is InChI=1S/C11H18O/c1-9(2)5-6-10(3)11(4)7-8-12/h5,7-8,10H,6H2,1-4H3/b11-7+. The van der Waals surface area contributed by atoms with E-state index in [0.29, 0.717) is 5.92 Å². The van der Waals surface area contributed by atoms with Gasteiger partial charge in [-0.2, -0.15) is 0 Å². The first kappa shape index (κ1) is 11.2. The molecule has 1 heteroatoms. The van der Waals surface area contributed by atoms with Crippen molar-refractivity contribution >= 4 is 6.29 Å². The Morgan fingerprint density at radius 1 is 1.33 bits per heavy atom. The molecule has 0 aromatic heterocycles. The lowest BCUT2D eigenvalue weighted by Gasteiger charge is -2.08. The normalized spacial score (nSPS) is 13.8. The minimum absolute atomic E-state index is 0.477. The molecule has 0 aromatic rings. The van der Waals surface area contributed by atoms with E-state index in [-0.39, 0.29) is 0 Å².